The molecule has 1 unspecified atom stereocenters. The van der Waals surface area contributed by atoms with Gasteiger partial charge in [0.05, 0.1) is 0 Å². The molecule has 6 heteroatoms. The van der Waals surface area contributed by atoms with Crippen LogP contribution in [-0.2, 0) is 28.6 Å². The van der Waals surface area contributed by atoms with E-state index in [9.17, 15) is 14.4 Å². The highest BCUT2D eigenvalue weighted by atomic mass is 16.6. The molecule has 0 heterocycles. The minimum Gasteiger partial charge on any atom is -0.462 e. The van der Waals surface area contributed by atoms with Gasteiger partial charge < -0.3 is 14.2 Å². The van der Waals surface area contributed by atoms with E-state index in [1.807, 2.05) is 0 Å². The Morgan fingerprint density at radius 2 is 0.463 bits per heavy atom. The fourth-order valence-electron chi connectivity index (χ4n) is 11.3. The molecule has 0 saturated heterocycles. The average molecular weight is 1150 g/mol. The molecule has 0 aliphatic carbocycles. The van der Waals surface area contributed by atoms with E-state index < -0.39 is 6.10 Å². The summed E-state index contributed by atoms with van der Waals surface area (Å²) in [5, 5.41) is 0. The minimum absolute atomic E-state index is 0.0691. The van der Waals surface area contributed by atoms with E-state index >= 15 is 0 Å². The molecule has 0 aliphatic rings. The van der Waals surface area contributed by atoms with Crippen molar-refractivity contribution in [1.29, 1.82) is 0 Å². The number of rotatable bonds is 69. The third kappa shape index (κ3) is 68.4. The monoisotopic (exact) mass is 1150 g/mol. The second-order valence-corrected chi connectivity index (χ2v) is 25.2. The highest BCUT2D eigenvalue weighted by molar-refractivity contribution is 5.71. The number of carbonyl (C=O) groups is 3. The molecular formula is C76H142O6. The van der Waals surface area contributed by atoms with Gasteiger partial charge in [0.2, 0.25) is 0 Å². The predicted octanol–water partition coefficient (Wildman–Crippen LogP) is 25.5. The minimum atomic E-state index is -0.773. The van der Waals surface area contributed by atoms with Gasteiger partial charge in [-0.3, -0.25) is 14.4 Å². The van der Waals surface area contributed by atoms with Crippen LogP contribution >= 0.6 is 0 Å². The molecule has 482 valence electrons. The lowest BCUT2D eigenvalue weighted by Crippen LogP contribution is -2.30. The van der Waals surface area contributed by atoms with Crippen LogP contribution in [-0.4, -0.2) is 37.2 Å². The fourth-order valence-corrected chi connectivity index (χ4v) is 11.3. The summed E-state index contributed by atoms with van der Waals surface area (Å²) < 4.78 is 17.0. The lowest BCUT2D eigenvalue weighted by atomic mass is 10.0. The van der Waals surface area contributed by atoms with Gasteiger partial charge in [0, 0.05) is 19.3 Å². The molecule has 0 aliphatic heterocycles. The first-order valence-electron chi connectivity index (χ1n) is 37.0. The molecule has 0 amide bonds. The smallest absolute Gasteiger partial charge is 0.306 e. The zero-order valence-corrected chi connectivity index (χ0v) is 55.5. The molecule has 82 heavy (non-hydrogen) atoms. The van der Waals surface area contributed by atoms with E-state index in [0.717, 1.165) is 77.0 Å². The maximum atomic E-state index is 12.9. The summed E-state index contributed by atoms with van der Waals surface area (Å²) in [5.41, 5.74) is 0. The number of hydrogen-bond donors (Lipinski definition) is 0. The van der Waals surface area contributed by atoms with E-state index in [4.69, 9.17) is 14.2 Å². The highest BCUT2D eigenvalue weighted by Crippen LogP contribution is 2.19. The van der Waals surface area contributed by atoms with Crippen LogP contribution in [0.4, 0.5) is 0 Å². The van der Waals surface area contributed by atoms with Crippen LogP contribution in [0.1, 0.15) is 412 Å². The Labute approximate surface area is 512 Å². The largest absolute Gasteiger partial charge is 0.462 e. The maximum Gasteiger partial charge on any atom is 0.306 e. The molecule has 1 atom stereocenters. The molecule has 0 saturated carbocycles. The molecule has 0 aromatic carbocycles. The molecule has 0 aromatic rings. The Morgan fingerprint density at radius 1 is 0.244 bits per heavy atom. The molecule has 0 fully saturated rings. The van der Waals surface area contributed by atoms with Gasteiger partial charge in [-0.15, -0.1) is 0 Å². The topological polar surface area (TPSA) is 78.9 Å². The molecular weight excluding hydrogens is 1010 g/mol. The van der Waals surface area contributed by atoms with E-state index in [2.05, 4.69) is 57.2 Å². The molecule has 0 spiro atoms. The fraction of sp³-hybridized carbons (Fsp3) is 0.882. The molecule has 0 rings (SSSR count). The third-order valence-electron chi connectivity index (χ3n) is 16.8. The second kappa shape index (κ2) is 71.1. The Kier molecular flexibility index (Phi) is 69.1. The third-order valence-corrected chi connectivity index (χ3v) is 16.8. The second-order valence-electron chi connectivity index (χ2n) is 25.2. The first-order chi connectivity index (χ1) is 40.5. The summed E-state index contributed by atoms with van der Waals surface area (Å²) in [5.74, 6) is -0.850. The van der Waals surface area contributed by atoms with E-state index in [1.165, 1.54) is 295 Å². The number of carbonyl (C=O) groups excluding carboxylic acids is 3. The molecule has 0 aromatic heterocycles. The number of esters is 3. The summed E-state index contributed by atoms with van der Waals surface area (Å²) in [6, 6.07) is 0. The van der Waals surface area contributed by atoms with Crippen LogP contribution in [0, 0.1) is 0 Å². The van der Waals surface area contributed by atoms with Crippen LogP contribution in [0.3, 0.4) is 0 Å². The Balaban J connectivity index is 4.10. The van der Waals surface area contributed by atoms with Gasteiger partial charge in [-0.25, -0.2) is 0 Å². The summed E-state index contributed by atoms with van der Waals surface area (Å²) >= 11 is 0. The standard InChI is InChI=1S/C76H142O6/c1-4-7-10-13-16-19-22-24-26-28-30-32-34-36-37-38-39-41-42-44-46-48-50-52-54-57-60-63-66-69-75(78)81-72-73(71-80-74(77)68-65-62-59-56-21-18-15-12-9-6-3)82-76(79)70-67-64-61-58-55-53-51-49-47-45-43-40-35-33-31-29-27-25-23-20-17-14-11-8-5-2/h12,15,22,24,28,30,73H,4-11,13-14,16-21,23,25-27,29,31-72H2,1-3H3/b15-12-,24-22-,30-28-. The van der Waals surface area contributed by atoms with Gasteiger partial charge in [-0.05, 0) is 70.6 Å². The molecule has 0 radical (unpaired) electrons. The van der Waals surface area contributed by atoms with Crippen molar-refractivity contribution >= 4 is 17.9 Å². The molecule has 0 bridgehead atoms. The van der Waals surface area contributed by atoms with E-state index in [1.54, 1.807) is 0 Å². The number of allylic oxidation sites excluding steroid dienone is 6. The van der Waals surface area contributed by atoms with Crippen molar-refractivity contribution in [3.8, 4) is 0 Å². The Hall–Kier alpha value is -2.37. The normalized spacial score (nSPS) is 12.2. The summed E-state index contributed by atoms with van der Waals surface area (Å²) in [4.78, 5) is 38.4. The number of hydrogen-bond acceptors (Lipinski definition) is 6. The summed E-state index contributed by atoms with van der Waals surface area (Å²) in [6.45, 7) is 6.64. The lowest BCUT2D eigenvalue weighted by Gasteiger charge is -2.18. The van der Waals surface area contributed by atoms with Crippen LogP contribution in [0.25, 0.3) is 0 Å². The predicted molar refractivity (Wildman–Crippen MR) is 358 cm³/mol. The van der Waals surface area contributed by atoms with E-state index in [-0.39, 0.29) is 31.1 Å². The van der Waals surface area contributed by atoms with Crippen molar-refractivity contribution < 1.29 is 28.6 Å². The summed E-state index contributed by atoms with van der Waals surface area (Å²) in [7, 11) is 0. The zero-order chi connectivity index (χ0) is 59.2. The molecule has 6 nitrogen and oxygen atoms in total. The highest BCUT2D eigenvalue weighted by Gasteiger charge is 2.19. The van der Waals surface area contributed by atoms with Gasteiger partial charge in [0.15, 0.2) is 6.10 Å². The van der Waals surface area contributed by atoms with Crippen LogP contribution in [0.15, 0.2) is 36.5 Å². The quantitative estimate of drug-likeness (QED) is 0.0261. The van der Waals surface area contributed by atoms with Gasteiger partial charge in [0.1, 0.15) is 13.2 Å². The van der Waals surface area contributed by atoms with Gasteiger partial charge in [-0.2, -0.15) is 0 Å². The molecule has 0 N–H and O–H groups in total. The van der Waals surface area contributed by atoms with Gasteiger partial charge >= 0.3 is 17.9 Å². The zero-order valence-electron chi connectivity index (χ0n) is 55.5. The number of ether oxygens (including phenoxy) is 3. The van der Waals surface area contributed by atoms with Crippen molar-refractivity contribution in [2.75, 3.05) is 13.2 Å². The summed E-state index contributed by atoms with van der Waals surface area (Å²) in [6.07, 6.45) is 89.2. The maximum absolute atomic E-state index is 12.9. The van der Waals surface area contributed by atoms with Crippen LogP contribution in [0.5, 0.6) is 0 Å². The van der Waals surface area contributed by atoms with Crippen molar-refractivity contribution in [1.82, 2.24) is 0 Å². The van der Waals surface area contributed by atoms with Crippen LogP contribution < -0.4 is 0 Å². The number of unbranched alkanes of at least 4 members (excludes halogenated alkanes) is 52. The van der Waals surface area contributed by atoms with Gasteiger partial charge in [-0.1, -0.05) is 359 Å². The van der Waals surface area contributed by atoms with Crippen LogP contribution in [0.2, 0.25) is 0 Å². The van der Waals surface area contributed by atoms with Crippen molar-refractivity contribution in [3.63, 3.8) is 0 Å². The lowest BCUT2D eigenvalue weighted by molar-refractivity contribution is -0.167. The first-order valence-corrected chi connectivity index (χ1v) is 37.0. The Morgan fingerprint density at radius 3 is 0.732 bits per heavy atom. The SMILES string of the molecule is CCC/C=C\CCCCCCCC(=O)OCC(COC(=O)CCCCCCCCCCCCCCCCCCC/C=C\C/C=C\CCCCCCC)OC(=O)CCCCCCCCCCCCCCCCCCCCCCCCCCC. The first kappa shape index (κ1) is 79.6. The Bertz CT molecular complexity index is 1370. The average Bonchev–Trinajstić information content (AvgIpc) is 3.48. The van der Waals surface area contributed by atoms with Crippen molar-refractivity contribution in [3.05, 3.63) is 36.5 Å². The van der Waals surface area contributed by atoms with Crippen molar-refractivity contribution in [2.45, 2.75) is 419 Å². The van der Waals surface area contributed by atoms with Crippen molar-refractivity contribution in [2.24, 2.45) is 0 Å². The van der Waals surface area contributed by atoms with E-state index in [0.29, 0.717) is 19.3 Å². The van der Waals surface area contributed by atoms with Gasteiger partial charge in [0.25, 0.3) is 0 Å².